The van der Waals surface area contributed by atoms with E-state index in [-0.39, 0.29) is 21.1 Å². The molecule has 2 N–H and O–H groups in total. The molecule has 2 heteroatoms. The zero-order valence-electron chi connectivity index (χ0n) is 3.11. The van der Waals surface area contributed by atoms with Gasteiger partial charge < -0.3 is 12.7 Å². The average molecular weight is 242 g/mol. The van der Waals surface area contributed by atoms with E-state index in [1.807, 2.05) is 0 Å². The van der Waals surface area contributed by atoms with E-state index in [0.717, 1.165) is 6.42 Å². The summed E-state index contributed by atoms with van der Waals surface area (Å²) in [5, 5.41) is 0. The van der Waals surface area contributed by atoms with Crippen LogP contribution in [-0.2, 0) is 21.1 Å². The number of nitrogens with two attached hydrogens (primary N) is 1. The Balaban J connectivity index is 0. The Bertz CT molecular complexity index is 8.85. The molecule has 0 heterocycles. The molecule has 30 valence electrons. The van der Waals surface area contributed by atoms with E-state index in [0.29, 0.717) is 6.54 Å². The van der Waals surface area contributed by atoms with Gasteiger partial charge in [0, 0.05) is 0 Å². The molecule has 0 aliphatic heterocycles. The molecule has 0 bridgehead atoms. The van der Waals surface area contributed by atoms with Crippen molar-refractivity contribution >= 4 is 0 Å². The van der Waals surface area contributed by atoms with Gasteiger partial charge in [0.2, 0.25) is 0 Å². The van der Waals surface area contributed by atoms with E-state index in [1.165, 1.54) is 0 Å². The van der Waals surface area contributed by atoms with E-state index in [2.05, 4.69) is 6.92 Å². The first-order valence-corrected chi connectivity index (χ1v) is 1.41. The van der Waals surface area contributed by atoms with Gasteiger partial charge in [-0.25, -0.2) is 0 Å². The summed E-state index contributed by atoms with van der Waals surface area (Å²) in [5.74, 6) is 0. The van der Waals surface area contributed by atoms with Crippen LogP contribution in [0.25, 0.3) is 0 Å². The molecule has 5 heavy (non-hydrogen) atoms. The molecule has 0 spiro atoms. The molecule has 0 aromatic rings. The second kappa shape index (κ2) is 8.82. The Morgan fingerprint density at radius 3 is 1.80 bits per heavy atom. The van der Waals surface area contributed by atoms with Crippen molar-refractivity contribution in [1.29, 1.82) is 0 Å². The topological polar surface area (TPSA) is 26.0 Å². The van der Waals surface area contributed by atoms with Crippen LogP contribution in [0.2, 0.25) is 0 Å². The van der Waals surface area contributed by atoms with Crippen LogP contribution >= 0.6 is 0 Å². The second-order valence-electron chi connectivity index (χ2n) is 0.642. The normalized spacial score (nSPS) is 6.00. The first-order valence-electron chi connectivity index (χ1n) is 1.41. The van der Waals surface area contributed by atoms with Crippen molar-refractivity contribution < 1.29 is 21.1 Å². The summed E-state index contributed by atoms with van der Waals surface area (Å²) in [4.78, 5) is 0. The van der Waals surface area contributed by atoms with Crippen LogP contribution in [-0.4, -0.2) is 6.54 Å². The number of hydrogen-bond donors (Lipinski definition) is 1. The Hall–Kier alpha value is 0.648. The van der Waals surface area contributed by atoms with E-state index >= 15 is 0 Å². The van der Waals surface area contributed by atoms with Gasteiger partial charge in [0.15, 0.2) is 0 Å². The molecule has 0 saturated heterocycles. The molecule has 0 unspecified atom stereocenters. The van der Waals surface area contributed by atoms with Crippen LogP contribution in [0.1, 0.15) is 6.42 Å². The van der Waals surface area contributed by atoms with Crippen LogP contribution in [0.5, 0.6) is 0 Å². The summed E-state index contributed by atoms with van der Waals surface area (Å²) >= 11 is 0. The molecule has 1 nitrogen and oxygen atoms in total. The fraction of sp³-hybridized carbons (Fsp3) is 0.667. The van der Waals surface area contributed by atoms with Crippen molar-refractivity contribution in [2.45, 2.75) is 6.42 Å². The van der Waals surface area contributed by atoms with E-state index in [4.69, 9.17) is 5.73 Å². The third-order valence-electron chi connectivity index (χ3n) is 0.204. The van der Waals surface area contributed by atoms with Crippen LogP contribution in [0.15, 0.2) is 0 Å². The Morgan fingerprint density at radius 2 is 1.80 bits per heavy atom. The van der Waals surface area contributed by atoms with Crippen LogP contribution in [0.3, 0.4) is 0 Å². The maximum Gasteiger partial charge on any atom is 2.00 e. The summed E-state index contributed by atoms with van der Waals surface area (Å²) in [6, 6.07) is 0. The molecule has 0 amide bonds. The predicted molar refractivity (Wildman–Crippen MR) is 19.0 cm³/mol. The van der Waals surface area contributed by atoms with Crippen molar-refractivity contribution in [1.82, 2.24) is 0 Å². The third-order valence-corrected chi connectivity index (χ3v) is 0.204. The molecule has 0 aliphatic rings. The van der Waals surface area contributed by atoms with Crippen molar-refractivity contribution in [3.63, 3.8) is 0 Å². The molecule has 0 fully saturated rings. The minimum absolute atomic E-state index is 0. The maximum atomic E-state index is 4.97. The number of hydrogen-bond acceptors (Lipinski definition) is 1. The van der Waals surface area contributed by atoms with Crippen LogP contribution in [0.4, 0.5) is 0 Å². The van der Waals surface area contributed by atoms with Crippen LogP contribution < -0.4 is 5.73 Å². The molecule has 0 atom stereocenters. The maximum absolute atomic E-state index is 4.97. The van der Waals surface area contributed by atoms with Gasteiger partial charge in [0.05, 0.1) is 0 Å². The molecular weight excluding hydrogens is 234 g/mol. The van der Waals surface area contributed by atoms with Gasteiger partial charge in [0.25, 0.3) is 0 Å². The van der Waals surface area contributed by atoms with Crippen molar-refractivity contribution in [2.24, 2.45) is 5.73 Å². The largest absolute Gasteiger partial charge is 2.00 e. The molecule has 0 saturated carbocycles. The molecule has 0 aliphatic carbocycles. The molecule has 0 rings (SSSR count). The van der Waals surface area contributed by atoms with E-state index < -0.39 is 0 Å². The van der Waals surface area contributed by atoms with Crippen molar-refractivity contribution in [2.75, 3.05) is 6.54 Å². The zero-order valence-corrected chi connectivity index (χ0v) is 6.04. The summed E-state index contributed by atoms with van der Waals surface area (Å²) in [5.41, 5.74) is 4.97. The second-order valence-corrected chi connectivity index (χ2v) is 0.642. The predicted octanol–water partition coefficient (Wildman–Crippen LogP) is 0.167. The average Bonchev–Trinajstić information content (AvgIpc) is 1.37. The summed E-state index contributed by atoms with van der Waals surface area (Å²) in [7, 11) is 0. The zero-order chi connectivity index (χ0) is 3.41. The molecule has 0 aromatic carbocycles. The van der Waals surface area contributed by atoms with Gasteiger partial charge in [-0.15, -0.1) is 0 Å². The first kappa shape index (κ1) is 9.17. The minimum Gasteiger partial charge on any atom is -0.342 e. The Morgan fingerprint density at radius 1 is 1.60 bits per heavy atom. The van der Waals surface area contributed by atoms with Crippen molar-refractivity contribution in [3.05, 3.63) is 6.92 Å². The smallest absolute Gasteiger partial charge is 0.342 e. The van der Waals surface area contributed by atoms with E-state index in [9.17, 15) is 0 Å². The van der Waals surface area contributed by atoms with Crippen LogP contribution in [0, 0.1) is 6.92 Å². The monoisotopic (exact) mass is 242 g/mol. The van der Waals surface area contributed by atoms with Gasteiger partial charge in [-0.1, -0.05) is 0 Å². The van der Waals surface area contributed by atoms with Gasteiger partial charge >= 0.3 is 21.1 Å². The fourth-order valence-corrected chi connectivity index (χ4v) is 0. The Labute approximate surface area is 47.2 Å². The third kappa shape index (κ3) is 12.0. The summed E-state index contributed by atoms with van der Waals surface area (Å²) in [6.45, 7) is 4.19. The minimum atomic E-state index is 0. The molecule has 0 aromatic heterocycles. The molecule has 0 radical (unpaired) electrons. The Kier molecular flexibility index (Phi) is 16.2. The van der Waals surface area contributed by atoms with E-state index in [1.54, 1.807) is 0 Å². The standard InChI is InChI=1S/C3H8N.W/c1-2-3-4;/h1-4H2;/q-1;+2. The summed E-state index contributed by atoms with van der Waals surface area (Å²) in [6.07, 6.45) is 0.847. The SMILES string of the molecule is [CH2-]CCN.[W+2]. The van der Waals surface area contributed by atoms with Crippen molar-refractivity contribution in [3.8, 4) is 0 Å². The first-order chi connectivity index (χ1) is 1.91. The van der Waals surface area contributed by atoms with Gasteiger partial charge in [-0.2, -0.15) is 6.42 Å². The molecular formula is C3H8NW+. The fourth-order valence-electron chi connectivity index (χ4n) is 0. The summed E-state index contributed by atoms with van der Waals surface area (Å²) < 4.78 is 0. The van der Waals surface area contributed by atoms with Gasteiger partial charge in [-0.3, -0.25) is 0 Å². The van der Waals surface area contributed by atoms with Gasteiger partial charge in [0.1, 0.15) is 0 Å². The number of rotatable bonds is 1. The quantitative estimate of drug-likeness (QED) is 0.651. The van der Waals surface area contributed by atoms with Gasteiger partial charge in [-0.05, 0) is 6.54 Å².